The fraction of sp³-hybridized carbons (Fsp3) is 0.360. The second kappa shape index (κ2) is 10.9. The SMILES string of the molecule is CCCCc1ccc(Cc2cnc(NC(=O)COc3ccc(C(C)C)cc3)s2)cc1. The Hall–Kier alpha value is -2.66. The molecule has 0 aliphatic carbocycles. The molecule has 0 spiro atoms. The van der Waals surface area contributed by atoms with E-state index in [1.54, 1.807) is 0 Å². The van der Waals surface area contributed by atoms with Gasteiger partial charge in [-0.15, -0.1) is 11.3 Å². The Bertz CT molecular complexity index is 931. The summed E-state index contributed by atoms with van der Waals surface area (Å²) in [6, 6.07) is 16.6. The van der Waals surface area contributed by atoms with Crippen LogP contribution < -0.4 is 10.1 Å². The number of hydrogen-bond acceptors (Lipinski definition) is 4. The van der Waals surface area contributed by atoms with Crippen molar-refractivity contribution in [3.05, 3.63) is 76.3 Å². The number of unbranched alkanes of at least 4 members (excludes halogenated alkanes) is 1. The van der Waals surface area contributed by atoms with Crippen LogP contribution in [0.4, 0.5) is 5.13 Å². The lowest BCUT2D eigenvalue weighted by Crippen LogP contribution is -2.19. The fourth-order valence-electron chi connectivity index (χ4n) is 3.11. The zero-order chi connectivity index (χ0) is 21.3. The van der Waals surface area contributed by atoms with Crippen molar-refractivity contribution in [1.82, 2.24) is 4.98 Å². The Balaban J connectivity index is 1.46. The second-order valence-corrected chi connectivity index (χ2v) is 8.90. The van der Waals surface area contributed by atoms with Crippen LogP contribution in [0.3, 0.4) is 0 Å². The number of nitrogens with one attached hydrogen (secondary N) is 1. The minimum atomic E-state index is -0.205. The third-order valence-electron chi connectivity index (χ3n) is 4.94. The number of rotatable bonds is 10. The highest BCUT2D eigenvalue weighted by Gasteiger charge is 2.09. The van der Waals surface area contributed by atoms with Gasteiger partial charge in [-0.05, 0) is 47.6 Å². The molecule has 0 radical (unpaired) electrons. The predicted octanol–water partition coefficient (Wildman–Crippen LogP) is 6.22. The molecule has 0 saturated carbocycles. The summed E-state index contributed by atoms with van der Waals surface area (Å²) >= 11 is 1.50. The average Bonchev–Trinajstić information content (AvgIpc) is 3.18. The number of nitrogens with zero attached hydrogens (tertiary/aromatic N) is 1. The standard InChI is InChI=1S/C25H30N2O2S/c1-4-5-6-19-7-9-20(10-8-19)15-23-16-26-25(30-23)27-24(28)17-29-22-13-11-21(12-14-22)18(2)3/h7-14,16,18H,4-6,15,17H2,1-3H3,(H,26,27,28). The van der Waals surface area contributed by atoms with Crippen molar-refractivity contribution in [3.63, 3.8) is 0 Å². The lowest BCUT2D eigenvalue weighted by atomic mass is 10.0. The van der Waals surface area contributed by atoms with Crippen LogP contribution in [0.15, 0.2) is 54.7 Å². The van der Waals surface area contributed by atoms with Gasteiger partial charge in [0.1, 0.15) is 5.75 Å². The van der Waals surface area contributed by atoms with Gasteiger partial charge in [-0.2, -0.15) is 0 Å². The van der Waals surface area contributed by atoms with Crippen LogP contribution >= 0.6 is 11.3 Å². The van der Waals surface area contributed by atoms with Crippen molar-refractivity contribution in [1.29, 1.82) is 0 Å². The van der Waals surface area contributed by atoms with Gasteiger partial charge in [-0.1, -0.05) is 63.6 Å². The highest BCUT2D eigenvalue weighted by molar-refractivity contribution is 7.15. The molecule has 0 aliphatic heterocycles. The zero-order valence-corrected chi connectivity index (χ0v) is 18.8. The summed E-state index contributed by atoms with van der Waals surface area (Å²) in [5.74, 6) is 0.960. The molecule has 3 aromatic rings. The molecule has 158 valence electrons. The van der Waals surface area contributed by atoms with E-state index in [1.165, 1.54) is 40.9 Å². The largest absolute Gasteiger partial charge is 0.484 e. The Labute approximate surface area is 183 Å². The van der Waals surface area contributed by atoms with E-state index in [-0.39, 0.29) is 12.5 Å². The number of carbonyl (C=O) groups excluding carboxylic acids is 1. The predicted molar refractivity (Wildman–Crippen MR) is 125 cm³/mol. The Morgan fingerprint density at radius 2 is 1.77 bits per heavy atom. The van der Waals surface area contributed by atoms with Crippen molar-refractivity contribution >= 4 is 22.4 Å². The molecule has 0 atom stereocenters. The lowest BCUT2D eigenvalue weighted by molar-refractivity contribution is -0.118. The molecule has 2 aromatic carbocycles. The van der Waals surface area contributed by atoms with E-state index in [0.717, 1.165) is 17.7 Å². The number of aryl methyl sites for hydroxylation is 1. The van der Waals surface area contributed by atoms with Gasteiger partial charge in [-0.25, -0.2) is 4.98 Å². The number of amides is 1. The van der Waals surface area contributed by atoms with Gasteiger partial charge >= 0.3 is 0 Å². The average molecular weight is 423 g/mol. The summed E-state index contributed by atoms with van der Waals surface area (Å²) in [7, 11) is 0. The van der Waals surface area contributed by atoms with Crippen LogP contribution in [0.25, 0.3) is 0 Å². The van der Waals surface area contributed by atoms with Gasteiger partial charge in [0.15, 0.2) is 11.7 Å². The molecule has 0 bridgehead atoms. The maximum Gasteiger partial charge on any atom is 0.264 e. The molecular weight excluding hydrogens is 392 g/mol. The van der Waals surface area contributed by atoms with Gasteiger partial charge in [-0.3, -0.25) is 10.1 Å². The van der Waals surface area contributed by atoms with Gasteiger partial charge in [0.25, 0.3) is 5.91 Å². The first-order chi connectivity index (χ1) is 14.5. The minimum Gasteiger partial charge on any atom is -0.484 e. The van der Waals surface area contributed by atoms with E-state index in [0.29, 0.717) is 16.8 Å². The molecule has 0 fully saturated rings. The monoisotopic (exact) mass is 422 g/mol. The van der Waals surface area contributed by atoms with E-state index < -0.39 is 0 Å². The minimum absolute atomic E-state index is 0.0326. The van der Waals surface area contributed by atoms with Crippen molar-refractivity contribution in [2.45, 2.75) is 52.4 Å². The zero-order valence-electron chi connectivity index (χ0n) is 18.0. The molecule has 30 heavy (non-hydrogen) atoms. The molecule has 0 saturated heterocycles. The van der Waals surface area contributed by atoms with E-state index in [4.69, 9.17) is 4.74 Å². The van der Waals surface area contributed by atoms with Crippen LogP contribution in [-0.2, 0) is 17.6 Å². The molecule has 0 aliphatic rings. The first-order valence-electron chi connectivity index (χ1n) is 10.6. The third kappa shape index (κ3) is 6.70. The molecule has 1 heterocycles. The number of aromatic nitrogens is 1. The molecular formula is C25H30N2O2S. The van der Waals surface area contributed by atoms with Gasteiger partial charge in [0.05, 0.1) is 0 Å². The smallest absolute Gasteiger partial charge is 0.264 e. The summed E-state index contributed by atoms with van der Waals surface area (Å²) in [6.07, 6.45) is 6.23. The number of anilines is 1. The summed E-state index contributed by atoms with van der Waals surface area (Å²) in [6.45, 7) is 6.47. The lowest BCUT2D eigenvalue weighted by Gasteiger charge is -2.08. The molecule has 1 N–H and O–H groups in total. The van der Waals surface area contributed by atoms with E-state index >= 15 is 0 Å². The quantitative estimate of drug-likeness (QED) is 0.422. The molecule has 3 rings (SSSR count). The Morgan fingerprint density at radius 1 is 1.07 bits per heavy atom. The Morgan fingerprint density at radius 3 is 2.43 bits per heavy atom. The molecule has 1 amide bonds. The van der Waals surface area contributed by atoms with Crippen LogP contribution in [0.2, 0.25) is 0 Å². The van der Waals surface area contributed by atoms with E-state index in [2.05, 4.69) is 55.3 Å². The summed E-state index contributed by atoms with van der Waals surface area (Å²) < 4.78 is 5.58. The number of hydrogen-bond donors (Lipinski definition) is 1. The van der Waals surface area contributed by atoms with E-state index in [1.807, 2.05) is 30.5 Å². The Kier molecular flexibility index (Phi) is 8.03. The molecule has 4 nitrogen and oxygen atoms in total. The second-order valence-electron chi connectivity index (χ2n) is 7.79. The maximum atomic E-state index is 12.2. The topological polar surface area (TPSA) is 51.2 Å². The molecule has 0 unspecified atom stereocenters. The van der Waals surface area contributed by atoms with Crippen molar-refractivity contribution < 1.29 is 9.53 Å². The van der Waals surface area contributed by atoms with Crippen molar-refractivity contribution in [2.75, 3.05) is 11.9 Å². The highest BCUT2D eigenvalue weighted by atomic mass is 32.1. The van der Waals surface area contributed by atoms with Crippen LogP contribution in [-0.4, -0.2) is 17.5 Å². The first kappa shape index (κ1) is 22.0. The summed E-state index contributed by atoms with van der Waals surface area (Å²) in [5.41, 5.74) is 3.89. The van der Waals surface area contributed by atoms with E-state index in [9.17, 15) is 4.79 Å². The number of thiazole rings is 1. The number of ether oxygens (including phenoxy) is 1. The maximum absolute atomic E-state index is 12.2. The van der Waals surface area contributed by atoms with Crippen LogP contribution in [0, 0.1) is 0 Å². The van der Waals surface area contributed by atoms with Crippen molar-refractivity contribution in [2.24, 2.45) is 0 Å². The summed E-state index contributed by atoms with van der Waals surface area (Å²) in [4.78, 5) is 17.6. The van der Waals surface area contributed by atoms with Gasteiger partial charge in [0.2, 0.25) is 0 Å². The normalized spacial score (nSPS) is 10.9. The highest BCUT2D eigenvalue weighted by Crippen LogP contribution is 2.22. The number of carbonyl (C=O) groups is 1. The van der Waals surface area contributed by atoms with Gasteiger partial charge < -0.3 is 4.74 Å². The summed E-state index contributed by atoms with van der Waals surface area (Å²) in [5, 5.41) is 3.43. The fourth-order valence-corrected chi connectivity index (χ4v) is 3.97. The van der Waals surface area contributed by atoms with Crippen LogP contribution in [0.1, 0.15) is 61.1 Å². The van der Waals surface area contributed by atoms with Gasteiger partial charge in [0, 0.05) is 17.5 Å². The van der Waals surface area contributed by atoms with Crippen LogP contribution in [0.5, 0.6) is 5.75 Å². The number of benzene rings is 2. The third-order valence-corrected chi connectivity index (χ3v) is 5.85. The first-order valence-corrected chi connectivity index (χ1v) is 11.4. The molecule has 5 heteroatoms. The van der Waals surface area contributed by atoms with Crippen molar-refractivity contribution in [3.8, 4) is 5.75 Å². The molecule has 1 aromatic heterocycles.